The van der Waals surface area contributed by atoms with Gasteiger partial charge in [-0.25, -0.2) is 0 Å². The number of likely N-dealkylation sites (tertiary alicyclic amines) is 1. The molecular formula is C26H26N2O5. The zero-order chi connectivity index (χ0) is 22.5. The molecule has 0 aliphatic carbocycles. The lowest BCUT2D eigenvalue weighted by Crippen LogP contribution is -2.29. The van der Waals surface area contributed by atoms with Crippen LogP contribution in [0.5, 0.6) is 23.0 Å². The van der Waals surface area contributed by atoms with E-state index in [9.17, 15) is 4.79 Å². The summed E-state index contributed by atoms with van der Waals surface area (Å²) >= 11 is 0. The third-order valence-electron chi connectivity index (χ3n) is 6.88. The molecule has 1 fully saturated rings. The smallest absolute Gasteiger partial charge is 0.259 e. The van der Waals surface area contributed by atoms with Crippen molar-refractivity contribution in [3.8, 4) is 23.0 Å². The van der Waals surface area contributed by atoms with Gasteiger partial charge < -0.3 is 28.4 Å². The van der Waals surface area contributed by atoms with E-state index in [2.05, 4.69) is 17.0 Å². The van der Waals surface area contributed by atoms with Crippen molar-refractivity contribution in [3.63, 3.8) is 0 Å². The molecule has 1 aromatic heterocycles. The first-order valence-corrected chi connectivity index (χ1v) is 11.3. The second kappa shape index (κ2) is 7.85. The highest BCUT2D eigenvalue weighted by Gasteiger charge is 2.21. The minimum Gasteiger partial charge on any atom is -0.493 e. The Bertz CT molecular complexity index is 1450. The minimum atomic E-state index is -0.0252. The predicted molar refractivity (Wildman–Crippen MR) is 128 cm³/mol. The van der Waals surface area contributed by atoms with Crippen molar-refractivity contribution in [2.75, 3.05) is 40.6 Å². The van der Waals surface area contributed by atoms with Crippen molar-refractivity contribution in [2.45, 2.75) is 19.4 Å². The van der Waals surface area contributed by atoms with Gasteiger partial charge in [-0.2, -0.15) is 0 Å². The van der Waals surface area contributed by atoms with E-state index in [0.717, 1.165) is 52.4 Å². The quantitative estimate of drug-likeness (QED) is 0.429. The maximum Gasteiger partial charge on any atom is 0.259 e. The number of hydrogen-bond acceptors (Lipinski definition) is 6. The van der Waals surface area contributed by atoms with E-state index in [-0.39, 0.29) is 12.4 Å². The largest absolute Gasteiger partial charge is 0.493 e. The van der Waals surface area contributed by atoms with E-state index in [1.165, 1.54) is 12.8 Å². The third kappa shape index (κ3) is 3.18. The Balaban J connectivity index is 1.68. The molecule has 33 heavy (non-hydrogen) atoms. The summed E-state index contributed by atoms with van der Waals surface area (Å²) in [7, 11) is 3.20. The van der Waals surface area contributed by atoms with E-state index in [1.54, 1.807) is 20.3 Å². The molecule has 0 unspecified atom stereocenters. The second-order valence-corrected chi connectivity index (χ2v) is 8.65. The maximum atomic E-state index is 13.9. The average molecular weight is 447 g/mol. The van der Waals surface area contributed by atoms with Gasteiger partial charge in [0.2, 0.25) is 6.79 Å². The van der Waals surface area contributed by atoms with Crippen LogP contribution >= 0.6 is 0 Å². The van der Waals surface area contributed by atoms with Gasteiger partial charge in [0.15, 0.2) is 23.0 Å². The molecular weight excluding hydrogens is 420 g/mol. The Morgan fingerprint density at radius 3 is 2.24 bits per heavy atom. The first-order valence-electron chi connectivity index (χ1n) is 11.3. The summed E-state index contributed by atoms with van der Waals surface area (Å²) in [6.07, 6.45) is 2.44. The Hall–Kier alpha value is -3.45. The molecule has 3 heterocycles. The molecule has 0 spiro atoms. The van der Waals surface area contributed by atoms with Crippen molar-refractivity contribution in [1.82, 2.24) is 9.47 Å². The first-order chi connectivity index (χ1) is 16.2. The fraction of sp³-hybridized carbons (Fsp3) is 0.346. The standard InChI is InChI=1S/C26H26N2O5/c1-30-21-13-19-17-6-5-16-11-23-24(33-15-32-23)12-18(16)25(17)28(10-9-27-7-3-4-8-27)26(29)20(19)14-22(21)31-2/h5-6,11-14H,3-4,7-10,15H2,1-2H3. The molecule has 0 N–H and O–H groups in total. The SMILES string of the molecule is COc1cc2c(=O)n(CCN3CCCC3)c3c4cc5c(cc4ccc3c2cc1OC)OCO5. The summed E-state index contributed by atoms with van der Waals surface area (Å²) in [5.74, 6) is 2.60. The molecule has 170 valence electrons. The van der Waals surface area contributed by atoms with E-state index in [4.69, 9.17) is 18.9 Å². The zero-order valence-electron chi connectivity index (χ0n) is 18.8. The normalized spacial score (nSPS) is 15.7. The zero-order valence-corrected chi connectivity index (χ0v) is 18.8. The lowest BCUT2D eigenvalue weighted by Gasteiger charge is -2.20. The molecule has 0 radical (unpaired) electrons. The monoisotopic (exact) mass is 446 g/mol. The van der Waals surface area contributed by atoms with Crippen molar-refractivity contribution in [1.29, 1.82) is 0 Å². The number of ether oxygens (including phenoxy) is 4. The predicted octanol–water partition coefficient (Wildman–Crippen LogP) is 4.15. The number of pyridine rings is 1. The highest BCUT2D eigenvalue weighted by molar-refractivity contribution is 6.16. The summed E-state index contributed by atoms with van der Waals surface area (Å²) in [6, 6.07) is 11.8. The van der Waals surface area contributed by atoms with Gasteiger partial charge in [-0.1, -0.05) is 12.1 Å². The summed E-state index contributed by atoms with van der Waals surface area (Å²) in [5, 5.41) is 4.47. The number of hydrogen-bond donors (Lipinski definition) is 0. The molecule has 7 heteroatoms. The molecule has 2 aliphatic rings. The summed E-state index contributed by atoms with van der Waals surface area (Å²) in [4.78, 5) is 16.3. The van der Waals surface area contributed by atoms with Gasteiger partial charge in [0.25, 0.3) is 5.56 Å². The Labute approximate surface area is 191 Å². The van der Waals surface area contributed by atoms with Crippen molar-refractivity contribution in [2.24, 2.45) is 0 Å². The van der Waals surface area contributed by atoms with Crippen LogP contribution in [0.3, 0.4) is 0 Å². The van der Waals surface area contributed by atoms with Crippen LogP contribution in [0.4, 0.5) is 0 Å². The van der Waals surface area contributed by atoms with Gasteiger partial charge in [0.1, 0.15) is 0 Å². The van der Waals surface area contributed by atoms with Crippen molar-refractivity contribution >= 4 is 32.4 Å². The van der Waals surface area contributed by atoms with Gasteiger partial charge in [0.05, 0.1) is 25.1 Å². The van der Waals surface area contributed by atoms with Crippen molar-refractivity contribution in [3.05, 3.63) is 46.8 Å². The lowest BCUT2D eigenvalue weighted by molar-refractivity contribution is 0.174. The Morgan fingerprint density at radius 1 is 0.818 bits per heavy atom. The molecule has 3 aromatic carbocycles. The molecule has 0 saturated carbocycles. The van der Waals surface area contributed by atoms with Gasteiger partial charge in [-0.3, -0.25) is 4.79 Å². The summed E-state index contributed by atoms with van der Waals surface area (Å²) in [5.41, 5.74) is 0.887. The molecule has 0 bridgehead atoms. The van der Waals surface area contributed by atoms with Crippen LogP contribution in [-0.4, -0.2) is 50.1 Å². The Kier molecular flexibility index (Phi) is 4.80. The highest BCUT2D eigenvalue weighted by Crippen LogP contribution is 2.41. The third-order valence-corrected chi connectivity index (χ3v) is 6.88. The van der Waals surface area contributed by atoms with Crippen LogP contribution < -0.4 is 24.5 Å². The van der Waals surface area contributed by atoms with Crippen LogP contribution in [0.15, 0.2) is 41.2 Å². The molecule has 2 aliphatic heterocycles. The Morgan fingerprint density at radius 2 is 1.52 bits per heavy atom. The van der Waals surface area contributed by atoms with E-state index in [1.807, 2.05) is 22.8 Å². The van der Waals surface area contributed by atoms with Gasteiger partial charge in [-0.05, 0) is 55.6 Å². The van der Waals surface area contributed by atoms with Crippen LogP contribution in [0, 0.1) is 0 Å². The van der Waals surface area contributed by atoms with E-state index < -0.39 is 0 Å². The average Bonchev–Trinajstić information content (AvgIpc) is 3.53. The van der Waals surface area contributed by atoms with Crippen LogP contribution in [-0.2, 0) is 6.54 Å². The molecule has 0 atom stereocenters. The molecule has 4 aromatic rings. The minimum absolute atomic E-state index is 0.0252. The lowest BCUT2D eigenvalue weighted by atomic mass is 10.00. The number of aromatic nitrogens is 1. The van der Waals surface area contributed by atoms with Gasteiger partial charge in [-0.15, -0.1) is 0 Å². The number of methoxy groups -OCH3 is 2. The summed E-state index contributed by atoms with van der Waals surface area (Å²) < 4.78 is 24.2. The highest BCUT2D eigenvalue weighted by atomic mass is 16.7. The number of rotatable bonds is 5. The first kappa shape index (κ1) is 20.2. The molecule has 6 rings (SSSR count). The maximum absolute atomic E-state index is 13.9. The molecule has 1 saturated heterocycles. The van der Waals surface area contributed by atoms with Crippen LogP contribution in [0.1, 0.15) is 12.8 Å². The van der Waals surface area contributed by atoms with Gasteiger partial charge >= 0.3 is 0 Å². The van der Waals surface area contributed by atoms with E-state index in [0.29, 0.717) is 29.2 Å². The second-order valence-electron chi connectivity index (χ2n) is 8.65. The van der Waals surface area contributed by atoms with Gasteiger partial charge in [0, 0.05) is 29.2 Å². The number of benzene rings is 3. The fourth-order valence-electron chi connectivity index (χ4n) is 5.19. The molecule has 7 nitrogen and oxygen atoms in total. The van der Waals surface area contributed by atoms with Crippen LogP contribution in [0.25, 0.3) is 32.4 Å². The number of nitrogens with zero attached hydrogens (tertiary/aromatic N) is 2. The topological polar surface area (TPSA) is 62.2 Å². The molecule has 0 amide bonds. The summed E-state index contributed by atoms with van der Waals surface area (Å²) in [6.45, 7) is 3.85. The van der Waals surface area contributed by atoms with Crippen molar-refractivity contribution < 1.29 is 18.9 Å². The fourth-order valence-corrected chi connectivity index (χ4v) is 5.19. The van der Waals surface area contributed by atoms with Crippen LogP contribution in [0.2, 0.25) is 0 Å². The number of fused-ring (bicyclic) bond motifs is 6. The van der Waals surface area contributed by atoms with E-state index >= 15 is 0 Å².